The minimum absolute atomic E-state index is 0.0543. The highest BCUT2D eigenvalue weighted by Gasteiger charge is 2.12. The Morgan fingerprint density at radius 2 is 2.00 bits per heavy atom. The van der Waals surface area contributed by atoms with Crippen LogP contribution in [-0.2, 0) is 0 Å². The fourth-order valence-corrected chi connectivity index (χ4v) is 3.63. The number of hydrogen-bond donors (Lipinski definition) is 4. The van der Waals surface area contributed by atoms with Crippen molar-refractivity contribution in [1.29, 1.82) is 0 Å². The van der Waals surface area contributed by atoms with Crippen LogP contribution >= 0.6 is 0 Å². The van der Waals surface area contributed by atoms with Gasteiger partial charge in [0.1, 0.15) is 5.82 Å². The number of H-pyrrole nitrogens is 2. The van der Waals surface area contributed by atoms with E-state index in [-0.39, 0.29) is 12.2 Å². The summed E-state index contributed by atoms with van der Waals surface area (Å²) in [5.74, 6) is 1.20. The smallest absolute Gasteiger partial charge is 0.183 e. The zero-order valence-electron chi connectivity index (χ0n) is 17.7. The number of nitrogens with two attached hydrogens (primary N) is 1. The number of nitrogens with one attached hydrogen (secondary N) is 3. The van der Waals surface area contributed by atoms with Crippen LogP contribution in [0.25, 0.3) is 33.2 Å². The molecule has 0 unspecified atom stereocenters. The van der Waals surface area contributed by atoms with Gasteiger partial charge in [0.2, 0.25) is 0 Å². The van der Waals surface area contributed by atoms with Gasteiger partial charge in [-0.3, -0.25) is 9.89 Å². The summed E-state index contributed by atoms with van der Waals surface area (Å²) in [6.45, 7) is 3.68. The van der Waals surface area contributed by atoms with Gasteiger partial charge >= 0.3 is 0 Å². The predicted octanol–water partition coefficient (Wildman–Crippen LogP) is 4.85. The Kier molecular flexibility index (Phi) is 5.16. The molecule has 8 nitrogen and oxygen atoms in total. The van der Waals surface area contributed by atoms with Gasteiger partial charge in [-0.15, -0.1) is 0 Å². The van der Waals surface area contributed by atoms with Crippen molar-refractivity contribution in [3.05, 3.63) is 91.0 Å². The van der Waals surface area contributed by atoms with Gasteiger partial charge in [-0.1, -0.05) is 24.8 Å². The number of benzene rings is 2. The Morgan fingerprint density at radius 1 is 1.09 bits per heavy atom. The van der Waals surface area contributed by atoms with Crippen molar-refractivity contribution in [3.63, 3.8) is 0 Å². The van der Waals surface area contributed by atoms with Crippen LogP contribution in [0.15, 0.2) is 85.4 Å². The van der Waals surface area contributed by atoms with Crippen LogP contribution in [-0.4, -0.2) is 30.9 Å². The van der Waals surface area contributed by atoms with E-state index >= 15 is 0 Å². The van der Waals surface area contributed by atoms with E-state index in [4.69, 9.17) is 5.73 Å². The molecular weight excluding hydrogens is 414 g/mol. The topological polar surface area (TPSA) is 125 Å². The van der Waals surface area contributed by atoms with Crippen LogP contribution in [0.1, 0.15) is 16.9 Å². The fourth-order valence-electron chi connectivity index (χ4n) is 3.63. The highest BCUT2D eigenvalue weighted by atomic mass is 16.1. The molecule has 0 atom stereocenters. The van der Waals surface area contributed by atoms with Crippen molar-refractivity contribution in [2.24, 2.45) is 5.73 Å². The minimum Gasteiger partial charge on any atom is -0.404 e. The summed E-state index contributed by atoms with van der Waals surface area (Å²) in [6.07, 6.45) is 6.68. The van der Waals surface area contributed by atoms with Crippen LogP contribution < -0.4 is 11.1 Å². The van der Waals surface area contributed by atoms with Crippen molar-refractivity contribution in [1.82, 2.24) is 25.1 Å². The molecule has 2 aromatic carbocycles. The first kappa shape index (κ1) is 20.2. The number of allylic oxidation sites excluding steroid dienone is 2. The second kappa shape index (κ2) is 8.43. The van der Waals surface area contributed by atoms with E-state index in [1.54, 1.807) is 18.5 Å². The SMILES string of the molecule is C=C/C(=C\N)CC(=O)c1cc2ccc(-c3nccc(Nc4ccc5[nH]ncc5c4)n3)cc2[nH]1. The molecule has 5 rings (SSSR count). The summed E-state index contributed by atoms with van der Waals surface area (Å²) in [5.41, 5.74) is 10.3. The van der Waals surface area contributed by atoms with Crippen molar-refractivity contribution >= 4 is 39.1 Å². The van der Waals surface area contributed by atoms with E-state index in [0.29, 0.717) is 22.9 Å². The number of rotatable bonds is 7. The number of ketones is 1. The third-order valence-electron chi connectivity index (χ3n) is 5.39. The van der Waals surface area contributed by atoms with E-state index in [1.807, 2.05) is 48.5 Å². The summed E-state index contributed by atoms with van der Waals surface area (Å²) in [7, 11) is 0. The van der Waals surface area contributed by atoms with Gasteiger partial charge in [0.05, 0.1) is 17.4 Å². The predicted molar refractivity (Wildman–Crippen MR) is 130 cm³/mol. The Labute approximate surface area is 189 Å². The maximum atomic E-state index is 12.6. The quantitative estimate of drug-likeness (QED) is 0.214. The lowest BCUT2D eigenvalue weighted by atomic mass is 10.1. The van der Waals surface area contributed by atoms with E-state index < -0.39 is 0 Å². The lowest BCUT2D eigenvalue weighted by Crippen LogP contribution is -2.01. The lowest BCUT2D eigenvalue weighted by Gasteiger charge is -2.07. The second-order valence-electron chi connectivity index (χ2n) is 7.59. The van der Waals surface area contributed by atoms with Crippen molar-refractivity contribution in [2.75, 3.05) is 5.32 Å². The summed E-state index contributed by atoms with van der Waals surface area (Å²) < 4.78 is 0. The Hall–Kier alpha value is -4.72. The molecule has 33 heavy (non-hydrogen) atoms. The molecule has 3 aromatic heterocycles. The van der Waals surface area contributed by atoms with E-state index in [2.05, 4.69) is 37.0 Å². The average molecular weight is 435 g/mol. The molecule has 0 spiro atoms. The molecule has 0 saturated heterocycles. The van der Waals surface area contributed by atoms with Gasteiger partial charge in [0, 0.05) is 40.2 Å². The number of nitrogens with zero attached hydrogens (tertiary/aromatic N) is 3. The van der Waals surface area contributed by atoms with Gasteiger partial charge in [-0.25, -0.2) is 9.97 Å². The Bertz CT molecular complexity index is 1530. The van der Waals surface area contributed by atoms with Gasteiger partial charge in [-0.2, -0.15) is 5.10 Å². The molecule has 5 aromatic rings. The number of Topliss-reactive ketones (excluding diaryl/α,β-unsaturated/α-hetero) is 1. The molecule has 0 bridgehead atoms. The normalized spacial score (nSPS) is 11.7. The third kappa shape index (κ3) is 4.09. The van der Waals surface area contributed by atoms with Crippen molar-refractivity contribution in [3.8, 4) is 11.4 Å². The van der Waals surface area contributed by atoms with Crippen molar-refractivity contribution in [2.45, 2.75) is 6.42 Å². The Morgan fingerprint density at radius 3 is 2.85 bits per heavy atom. The number of carbonyl (C=O) groups is 1. The zero-order valence-corrected chi connectivity index (χ0v) is 17.7. The number of aromatic nitrogens is 5. The standard InChI is InChI=1S/C25H21N7O/c1-2-15(13-26)9-23(33)22-11-16-3-4-17(12-21(16)30-22)25-27-8-7-24(31-25)29-19-5-6-20-18(10-19)14-28-32-20/h2-8,10-14,30H,1,9,26H2,(H,28,32)(H,27,29,31)/b15-13+. The van der Waals surface area contributed by atoms with Crippen molar-refractivity contribution < 1.29 is 4.79 Å². The minimum atomic E-state index is -0.0543. The maximum absolute atomic E-state index is 12.6. The molecule has 0 radical (unpaired) electrons. The molecular formula is C25H21N7O. The number of anilines is 2. The molecule has 0 saturated carbocycles. The maximum Gasteiger partial charge on any atom is 0.183 e. The van der Waals surface area contributed by atoms with Crippen LogP contribution in [0.2, 0.25) is 0 Å². The van der Waals surface area contributed by atoms with Crippen LogP contribution in [0.3, 0.4) is 0 Å². The van der Waals surface area contributed by atoms with Crippen LogP contribution in [0, 0.1) is 0 Å². The first-order valence-electron chi connectivity index (χ1n) is 10.4. The van der Waals surface area contributed by atoms with Gasteiger partial charge in [0.25, 0.3) is 0 Å². The average Bonchev–Trinajstić information content (AvgIpc) is 3.48. The second-order valence-corrected chi connectivity index (χ2v) is 7.59. The Balaban J connectivity index is 1.40. The monoisotopic (exact) mass is 435 g/mol. The molecule has 0 aliphatic carbocycles. The van der Waals surface area contributed by atoms with E-state index in [9.17, 15) is 4.79 Å². The van der Waals surface area contributed by atoms with Crippen LogP contribution in [0.4, 0.5) is 11.5 Å². The summed E-state index contributed by atoms with van der Waals surface area (Å²) in [4.78, 5) is 24.8. The largest absolute Gasteiger partial charge is 0.404 e. The first-order valence-corrected chi connectivity index (χ1v) is 10.4. The van der Waals surface area contributed by atoms with Gasteiger partial charge in [0.15, 0.2) is 11.6 Å². The first-order chi connectivity index (χ1) is 16.1. The number of aromatic amines is 2. The molecule has 0 amide bonds. The van der Waals surface area contributed by atoms with Gasteiger partial charge < -0.3 is 16.0 Å². The van der Waals surface area contributed by atoms with E-state index in [1.165, 1.54) is 6.20 Å². The third-order valence-corrected chi connectivity index (χ3v) is 5.39. The fraction of sp³-hybridized carbons (Fsp3) is 0.0400. The molecule has 5 N–H and O–H groups in total. The number of carbonyl (C=O) groups excluding carboxylic acids is 1. The van der Waals surface area contributed by atoms with Crippen LogP contribution in [0.5, 0.6) is 0 Å². The van der Waals surface area contributed by atoms with Gasteiger partial charge in [-0.05, 0) is 48.2 Å². The summed E-state index contributed by atoms with van der Waals surface area (Å²) >= 11 is 0. The molecule has 3 heterocycles. The number of hydrogen-bond acceptors (Lipinski definition) is 6. The van der Waals surface area contributed by atoms with E-state index in [0.717, 1.165) is 33.1 Å². The highest BCUT2D eigenvalue weighted by molar-refractivity contribution is 6.01. The zero-order chi connectivity index (χ0) is 22.8. The summed E-state index contributed by atoms with van der Waals surface area (Å²) in [5, 5.41) is 12.2. The highest BCUT2D eigenvalue weighted by Crippen LogP contribution is 2.25. The lowest BCUT2D eigenvalue weighted by molar-refractivity contribution is 0.0990. The number of fused-ring (bicyclic) bond motifs is 2. The molecule has 8 heteroatoms. The summed E-state index contributed by atoms with van der Waals surface area (Å²) in [6, 6.07) is 15.4. The molecule has 0 aliphatic heterocycles. The molecule has 0 aliphatic rings. The molecule has 162 valence electrons. The molecule has 0 fully saturated rings.